The van der Waals surface area contributed by atoms with Crippen LogP contribution in [0.4, 0.5) is 0 Å². The van der Waals surface area contributed by atoms with Crippen molar-refractivity contribution >= 4 is 11.9 Å². The van der Waals surface area contributed by atoms with Crippen LogP contribution in [0.15, 0.2) is 6.20 Å². The van der Waals surface area contributed by atoms with Crippen molar-refractivity contribution in [1.82, 2.24) is 25.6 Å². The highest BCUT2D eigenvalue weighted by Crippen LogP contribution is 2.17. The zero-order valence-electron chi connectivity index (χ0n) is 11.4. The zero-order chi connectivity index (χ0) is 14.5. The fourth-order valence-corrected chi connectivity index (χ4v) is 2.20. The van der Waals surface area contributed by atoms with Crippen LogP contribution in [0.25, 0.3) is 0 Å². The predicted molar refractivity (Wildman–Crippen MR) is 70.3 cm³/mol. The van der Waals surface area contributed by atoms with Gasteiger partial charge < -0.3 is 15.7 Å². The Morgan fingerprint density at radius 1 is 1.55 bits per heavy atom. The summed E-state index contributed by atoms with van der Waals surface area (Å²) in [6, 6.07) is -0.654. The molecule has 0 spiro atoms. The number of rotatable bonds is 5. The predicted octanol–water partition coefficient (Wildman–Crippen LogP) is -0.204. The number of nitrogens with zero attached hydrogens (tertiary/aromatic N) is 3. The molecule has 0 aromatic carbocycles. The van der Waals surface area contributed by atoms with Gasteiger partial charge in [0, 0.05) is 0 Å². The normalized spacial score (nSPS) is 17.6. The molecule has 0 aliphatic carbocycles. The minimum absolute atomic E-state index is 0.156. The van der Waals surface area contributed by atoms with Crippen molar-refractivity contribution in [3.63, 3.8) is 0 Å². The minimum Gasteiger partial charge on any atom is -0.480 e. The standard InChI is InChI=1S/C12H19N5O3/c1-2-9(12(19)20)14-11(18)10-7-17(16-15-10)8-3-5-13-6-4-8/h7-9,13H,2-6H2,1H3,(H,14,18)(H,19,20). The van der Waals surface area contributed by atoms with Gasteiger partial charge in [0.1, 0.15) is 6.04 Å². The van der Waals surface area contributed by atoms with Crippen LogP contribution >= 0.6 is 0 Å². The van der Waals surface area contributed by atoms with Gasteiger partial charge in [0.05, 0.1) is 12.2 Å². The van der Waals surface area contributed by atoms with Gasteiger partial charge in [-0.05, 0) is 32.4 Å². The van der Waals surface area contributed by atoms with Crippen LogP contribution < -0.4 is 10.6 Å². The van der Waals surface area contributed by atoms with E-state index in [-0.39, 0.29) is 11.7 Å². The Bertz CT molecular complexity index is 481. The van der Waals surface area contributed by atoms with Gasteiger partial charge in [-0.15, -0.1) is 5.10 Å². The van der Waals surface area contributed by atoms with Gasteiger partial charge in [-0.25, -0.2) is 9.48 Å². The quantitative estimate of drug-likeness (QED) is 0.689. The van der Waals surface area contributed by atoms with E-state index >= 15 is 0 Å². The first-order valence-corrected chi connectivity index (χ1v) is 6.78. The number of carboxylic acid groups (broad SMARTS) is 1. The van der Waals surface area contributed by atoms with E-state index < -0.39 is 17.9 Å². The molecular weight excluding hydrogens is 262 g/mol. The molecule has 1 saturated heterocycles. The summed E-state index contributed by atoms with van der Waals surface area (Å²) >= 11 is 0. The number of carbonyl (C=O) groups excluding carboxylic acids is 1. The first-order valence-electron chi connectivity index (χ1n) is 6.78. The minimum atomic E-state index is -1.05. The Morgan fingerprint density at radius 2 is 2.25 bits per heavy atom. The van der Waals surface area contributed by atoms with Gasteiger partial charge in [0.2, 0.25) is 0 Å². The van der Waals surface area contributed by atoms with Gasteiger partial charge in [-0.1, -0.05) is 12.1 Å². The summed E-state index contributed by atoms with van der Waals surface area (Å²) in [4.78, 5) is 22.8. The average Bonchev–Trinajstić information content (AvgIpc) is 2.95. The van der Waals surface area contributed by atoms with Gasteiger partial charge in [-0.3, -0.25) is 4.79 Å². The fourth-order valence-electron chi connectivity index (χ4n) is 2.20. The molecule has 1 amide bonds. The SMILES string of the molecule is CCC(NC(=O)c1cn(C2CCNCC2)nn1)C(=O)O. The highest BCUT2D eigenvalue weighted by molar-refractivity contribution is 5.94. The molecule has 2 rings (SSSR count). The summed E-state index contributed by atoms with van der Waals surface area (Å²) in [5, 5.41) is 22.4. The third-order valence-corrected chi connectivity index (χ3v) is 3.44. The van der Waals surface area contributed by atoms with E-state index in [0.29, 0.717) is 6.42 Å². The number of carboxylic acids is 1. The second kappa shape index (κ2) is 6.47. The Morgan fingerprint density at radius 3 is 2.85 bits per heavy atom. The van der Waals surface area contributed by atoms with Crippen LogP contribution in [0, 0.1) is 0 Å². The topological polar surface area (TPSA) is 109 Å². The highest BCUT2D eigenvalue weighted by atomic mass is 16.4. The molecule has 1 aromatic heterocycles. The van der Waals surface area contributed by atoms with Crippen LogP contribution in [0.2, 0.25) is 0 Å². The largest absolute Gasteiger partial charge is 0.480 e. The number of amides is 1. The van der Waals surface area contributed by atoms with Crippen LogP contribution in [0.5, 0.6) is 0 Å². The smallest absolute Gasteiger partial charge is 0.326 e. The second-order valence-corrected chi connectivity index (χ2v) is 4.84. The van der Waals surface area contributed by atoms with Crippen molar-refractivity contribution in [1.29, 1.82) is 0 Å². The van der Waals surface area contributed by atoms with Crippen LogP contribution in [-0.2, 0) is 4.79 Å². The average molecular weight is 281 g/mol. The van der Waals surface area contributed by atoms with Crippen molar-refractivity contribution in [2.45, 2.75) is 38.3 Å². The zero-order valence-corrected chi connectivity index (χ0v) is 11.4. The summed E-state index contributed by atoms with van der Waals surface area (Å²) in [5.74, 6) is -1.55. The molecule has 1 atom stereocenters. The molecule has 0 bridgehead atoms. The third-order valence-electron chi connectivity index (χ3n) is 3.44. The number of carbonyl (C=O) groups is 2. The molecular formula is C12H19N5O3. The molecule has 8 heteroatoms. The maximum atomic E-state index is 11.9. The molecule has 0 radical (unpaired) electrons. The van der Waals surface area contributed by atoms with Crippen LogP contribution in [0.1, 0.15) is 42.7 Å². The number of aliphatic carboxylic acids is 1. The number of piperidine rings is 1. The molecule has 1 aliphatic rings. The maximum absolute atomic E-state index is 11.9. The fraction of sp³-hybridized carbons (Fsp3) is 0.667. The van der Waals surface area contributed by atoms with Gasteiger partial charge >= 0.3 is 5.97 Å². The number of nitrogens with one attached hydrogen (secondary N) is 2. The van der Waals surface area contributed by atoms with Crippen molar-refractivity contribution in [3.8, 4) is 0 Å². The first-order chi connectivity index (χ1) is 9.61. The molecule has 0 saturated carbocycles. The lowest BCUT2D eigenvalue weighted by atomic mass is 10.1. The van der Waals surface area contributed by atoms with E-state index in [0.717, 1.165) is 25.9 Å². The monoisotopic (exact) mass is 281 g/mol. The Balaban J connectivity index is 2.00. The molecule has 8 nitrogen and oxygen atoms in total. The van der Waals surface area contributed by atoms with Crippen molar-refractivity contribution in [2.75, 3.05) is 13.1 Å². The van der Waals surface area contributed by atoms with Crippen molar-refractivity contribution < 1.29 is 14.7 Å². The van der Waals surface area contributed by atoms with E-state index in [1.165, 1.54) is 0 Å². The van der Waals surface area contributed by atoms with Gasteiger partial charge in [0.25, 0.3) is 5.91 Å². The van der Waals surface area contributed by atoms with Crippen molar-refractivity contribution in [3.05, 3.63) is 11.9 Å². The summed E-state index contributed by atoms with van der Waals surface area (Å²) in [6.07, 6.45) is 3.79. The van der Waals surface area contributed by atoms with Gasteiger partial charge in [-0.2, -0.15) is 0 Å². The Labute approximate surface area is 116 Å². The summed E-state index contributed by atoms with van der Waals surface area (Å²) in [6.45, 7) is 3.54. The molecule has 1 aromatic rings. The number of hydrogen-bond donors (Lipinski definition) is 3. The molecule has 110 valence electrons. The van der Waals surface area contributed by atoms with E-state index in [4.69, 9.17) is 5.11 Å². The van der Waals surface area contributed by atoms with E-state index in [9.17, 15) is 9.59 Å². The lowest BCUT2D eigenvalue weighted by molar-refractivity contribution is -0.139. The Hall–Kier alpha value is -1.96. The molecule has 2 heterocycles. The van der Waals surface area contributed by atoms with E-state index in [1.807, 2.05) is 0 Å². The van der Waals surface area contributed by atoms with Gasteiger partial charge in [0.15, 0.2) is 5.69 Å². The van der Waals surface area contributed by atoms with E-state index in [2.05, 4.69) is 20.9 Å². The number of aromatic nitrogens is 3. The molecule has 1 unspecified atom stereocenters. The van der Waals surface area contributed by atoms with E-state index in [1.54, 1.807) is 17.8 Å². The third kappa shape index (κ3) is 3.32. The van der Waals surface area contributed by atoms with Crippen molar-refractivity contribution in [2.24, 2.45) is 0 Å². The molecule has 3 N–H and O–H groups in total. The lowest BCUT2D eigenvalue weighted by Crippen LogP contribution is -2.40. The molecule has 1 aliphatic heterocycles. The maximum Gasteiger partial charge on any atom is 0.326 e. The second-order valence-electron chi connectivity index (χ2n) is 4.84. The molecule has 1 fully saturated rings. The Kier molecular flexibility index (Phi) is 4.67. The summed E-state index contributed by atoms with van der Waals surface area (Å²) < 4.78 is 1.69. The lowest BCUT2D eigenvalue weighted by Gasteiger charge is -2.22. The highest BCUT2D eigenvalue weighted by Gasteiger charge is 2.22. The summed E-state index contributed by atoms with van der Waals surface area (Å²) in [7, 11) is 0. The number of hydrogen-bond acceptors (Lipinski definition) is 5. The summed E-state index contributed by atoms with van der Waals surface area (Å²) in [5.41, 5.74) is 0.156. The first kappa shape index (κ1) is 14.4. The van der Waals surface area contributed by atoms with Crippen LogP contribution in [-0.4, -0.2) is 51.1 Å². The van der Waals surface area contributed by atoms with Crippen LogP contribution in [0.3, 0.4) is 0 Å². The molecule has 20 heavy (non-hydrogen) atoms.